The predicted octanol–water partition coefficient (Wildman–Crippen LogP) is 14.0. The van der Waals surface area contributed by atoms with E-state index in [2.05, 4.69) is 208 Å². The molecule has 8 aromatic carbocycles. The van der Waals surface area contributed by atoms with Gasteiger partial charge in [0, 0.05) is 0 Å². The first-order valence-corrected chi connectivity index (χ1v) is 17.3. The topological polar surface area (TPSA) is 0 Å². The molecular formula is C50H38. The fraction of sp³-hybridized carbons (Fsp3) is 0.0400. The molecule has 0 heteroatoms. The Kier molecular flexibility index (Phi) is 8.51. The Bertz CT molecular complexity index is 2350. The van der Waals surface area contributed by atoms with E-state index in [4.69, 9.17) is 0 Å². The van der Waals surface area contributed by atoms with E-state index >= 15 is 0 Å². The molecule has 0 aromatic heterocycles. The normalized spacial score (nSPS) is 11.0. The molecule has 8 rings (SSSR count). The zero-order chi connectivity index (χ0) is 33.9. The minimum Gasteiger partial charge on any atom is -0.0622 e. The second kappa shape index (κ2) is 13.7. The molecule has 0 N–H and O–H groups in total. The second-order valence-corrected chi connectivity index (χ2v) is 13.1. The van der Waals surface area contributed by atoms with Crippen molar-refractivity contribution in [3.63, 3.8) is 0 Å². The first kappa shape index (κ1) is 31.1. The molecule has 0 saturated carbocycles. The summed E-state index contributed by atoms with van der Waals surface area (Å²) in [4.78, 5) is 0. The summed E-state index contributed by atoms with van der Waals surface area (Å²) < 4.78 is 0. The molecule has 0 radical (unpaired) electrons. The molecule has 50 heavy (non-hydrogen) atoms. The van der Waals surface area contributed by atoms with Crippen molar-refractivity contribution in [2.24, 2.45) is 0 Å². The molecule has 0 saturated heterocycles. The largest absolute Gasteiger partial charge is 0.0622 e. The van der Waals surface area contributed by atoms with Crippen molar-refractivity contribution in [3.8, 4) is 77.9 Å². The van der Waals surface area contributed by atoms with Gasteiger partial charge in [-0.15, -0.1) is 0 Å². The van der Waals surface area contributed by atoms with Gasteiger partial charge in [-0.3, -0.25) is 0 Å². The van der Waals surface area contributed by atoms with Crippen LogP contribution in [0.4, 0.5) is 0 Å². The van der Waals surface area contributed by atoms with Gasteiger partial charge < -0.3 is 0 Å². The van der Waals surface area contributed by atoms with Gasteiger partial charge in [0.1, 0.15) is 0 Å². The lowest BCUT2D eigenvalue weighted by Crippen LogP contribution is -1.98. The quantitative estimate of drug-likeness (QED) is 0.163. The predicted molar refractivity (Wildman–Crippen MR) is 214 cm³/mol. The smallest absolute Gasteiger partial charge is 0.00143 e. The van der Waals surface area contributed by atoms with Crippen LogP contribution in [0.1, 0.15) is 11.1 Å². The molecule has 8 aromatic rings. The maximum absolute atomic E-state index is 2.42. The van der Waals surface area contributed by atoms with E-state index in [0.717, 1.165) is 0 Å². The average Bonchev–Trinajstić information content (AvgIpc) is 3.19. The maximum atomic E-state index is 2.42. The number of benzene rings is 8. The Morgan fingerprint density at radius 2 is 0.480 bits per heavy atom. The van der Waals surface area contributed by atoms with Crippen LogP contribution in [-0.4, -0.2) is 0 Å². The van der Waals surface area contributed by atoms with Gasteiger partial charge >= 0.3 is 0 Å². The second-order valence-electron chi connectivity index (χ2n) is 13.1. The summed E-state index contributed by atoms with van der Waals surface area (Å²) in [6, 6.07) is 70.9. The van der Waals surface area contributed by atoms with Gasteiger partial charge in [0.25, 0.3) is 0 Å². The van der Waals surface area contributed by atoms with Crippen molar-refractivity contribution in [2.75, 3.05) is 0 Å². The van der Waals surface area contributed by atoms with Crippen molar-refractivity contribution < 1.29 is 0 Å². The molecule has 0 heterocycles. The average molecular weight is 639 g/mol. The highest BCUT2D eigenvalue weighted by molar-refractivity contribution is 6.07. The molecule has 0 spiro atoms. The zero-order valence-electron chi connectivity index (χ0n) is 28.5. The van der Waals surface area contributed by atoms with Crippen molar-refractivity contribution in [1.29, 1.82) is 0 Å². The van der Waals surface area contributed by atoms with E-state index in [0.29, 0.717) is 0 Å². The first-order valence-electron chi connectivity index (χ1n) is 17.3. The van der Waals surface area contributed by atoms with E-state index in [1.807, 2.05) is 0 Å². The van der Waals surface area contributed by atoms with Gasteiger partial charge in [-0.05, 0) is 97.8 Å². The highest BCUT2D eigenvalue weighted by Gasteiger charge is 2.23. The summed E-state index contributed by atoms with van der Waals surface area (Å²) in [5.41, 5.74) is 19.5. The summed E-state index contributed by atoms with van der Waals surface area (Å²) in [6.07, 6.45) is 0. The summed E-state index contributed by atoms with van der Waals surface area (Å²) in [5, 5.41) is 0. The number of aryl methyl sites for hydroxylation is 2. The Hall–Kier alpha value is -6.24. The van der Waals surface area contributed by atoms with Gasteiger partial charge in [-0.2, -0.15) is 0 Å². The first-order chi connectivity index (χ1) is 24.6. The maximum Gasteiger partial charge on any atom is -0.00143 e. The minimum absolute atomic E-state index is 1.19. The molecule has 0 bridgehead atoms. The zero-order valence-corrected chi connectivity index (χ0v) is 28.5. The highest BCUT2D eigenvalue weighted by atomic mass is 14.3. The lowest BCUT2D eigenvalue weighted by Gasteiger charge is -2.24. The van der Waals surface area contributed by atoms with Crippen molar-refractivity contribution in [3.05, 3.63) is 205 Å². The van der Waals surface area contributed by atoms with Crippen LogP contribution in [0.15, 0.2) is 194 Å². The summed E-state index contributed by atoms with van der Waals surface area (Å²) in [5.74, 6) is 0. The molecule has 0 aliphatic heterocycles. The third-order valence-electron chi connectivity index (χ3n) is 9.68. The molecule has 0 amide bonds. The fourth-order valence-electron chi connectivity index (χ4n) is 7.02. The van der Waals surface area contributed by atoms with Crippen LogP contribution in [0.5, 0.6) is 0 Å². The van der Waals surface area contributed by atoms with Gasteiger partial charge in [0.15, 0.2) is 0 Å². The Morgan fingerprint density at radius 1 is 0.220 bits per heavy atom. The fourth-order valence-corrected chi connectivity index (χ4v) is 7.02. The van der Waals surface area contributed by atoms with Crippen LogP contribution in [0, 0.1) is 13.8 Å². The third-order valence-corrected chi connectivity index (χ3v) is 9.68. The van der Waals surface area contributed by atoms with Crippen LogP contribution in [0.2, 0.25) is 0 Å². The number of hydrogen-bond acceptors (Lipinski definition) is 0. The van der Waals surface area contributed by atoms with E-state index in [9.17, 15) is 0 Å². The Balaban J connectivity index is 1.42. The van der Waals surface area contributed by atoms with Gasteiger partial charge in [0.05, 0.1) is 0 Å². The van der Waals surface area contributed by atoms with Gasteiger partial charge in [0.2, 0.25) is 0 Å². The van der Waals surface area contributed by atoms with Crippen LogP contribution in [0.3, 0.4) is 0 Å². The van der Waals surface area contributed by atoms with Crippen LogP contribution < -0.4 is 0 Å². The highest BCUT2D eigenvalue weighted by Crippen LogP contribution is 2.50. The monoisotopic (exact) mass is 638 g/mol. The van der Waals surface area contributed by atoms with Gasteiger partial charge in [-0.1, -0.05) is 199 Å². The van der Waals surface area contributed by atoms with Crippen LogP contribution >= 0.6 is 0 Å². The van der Waals surface area contributed by atoms with Crippen LogP contribution in [-0.2, 0) is 0 Å². The molecule has 0 atom stereocenters. The van der Waals surface area contributed by atoms with Crippen molar-refractivity contribution in [1.82, 2.24) is 0 Å². The van der Waals surface area contributed by atoms with Crippen LogP contribution in [0.25, 0.3) is 77.9 Å². The number of hydrogen-bond donors (Lipinski definition) is 0. The minimum atomic E-state index is 1.19. The molecule has 0 nitrogen and oxygen atoms in total. The molecular weight excluding hydrogens is 601 g/mol. The van der Waals surface area contributed by atoms with Crippen molar-refractivity contribution >= 4 is 0 Å². The molecule has 0 fully saturated rings. The lowest BCUT2D eigenvalue weighted by atomic mass is 9.78. The lowest BCUT2D eigenvalue weighted by molar-refractivity contribution is 1.47. The standard InChI is InChI=1S/C50H38/c1-35-18-22-37(23-19-35)39-26-30-42(31-27-39)47-34-46(41-12-6-3-7-13-41)49(45-32-28-40(29-33-45)38-24-20-36(2)21-25-38)50(44-16-10-5-11-17-44)48(47)43-14-8-4-9-15-43/h3-34H,1-2H3. The summed E-state index contributed by atoms with van der Waals surface area (Å²) in [6.45, 7) is 4.27. The molecule has 0 aliphatic rings. The molecule has 238 valence electrons. The van der Waals surface area contributed by atoms with E-state index in [-0.39, 0.29) is 0 Å². The summed E-state index contributed by atoms with van der Waals surface area (Å²) in [7, 11) is 0. The van der Waals surface area contributed by atoms with Crippen molar-refractivity contribution in [2.45, 2.75) is 13.8 Å². The molecule has 0 aliphatic carbocycles. The SMILES string of the molecule is Cc1ccc(-c2ccc(-c3cc(-c4ccccc4)c(-c4ccc(-c5ccc(C)cc5)cc4)c(-c4ccccc4)c3-c3ccccc3)cc2)cc1. The van der Waals surface area contributed by atoms with E-state index in [1.54, 1.807) is 0 Å². The van der Waals surface area contributed by atoms with E-state index < -0.39 is 0 Å². The summed E-state index contributed by atoms with van der Waals surface area (Å²) >= 11 is 0. The Morgan fingerprint density at radius 3 is 0.880 bits per heavy atom. The van der Waals surface area contributed by atoms with E-state index in [1.165, 1.54) is 89.0 Å². The number of rotatable bonds is 7. The molecule has 0 unspecified atom stereocenters. The third kappa shape index (κ3) is 6.20. The Labute approximate surface area is 296 Å². The van der Waals surface area contributed by atoms with Gasteiger partial charge in [-0.25, -0.2) is 0 Å².